The molecular weight excluding hydrogens is 297 g/mol. The maximum atomic E-state index is 13.5. The molecule has 5 nitrogen and oxygen atoms in total. The Morgan fingerprint density at radius 1 is 1.24 bits per heavy atom. The van der Waals surface area contributed by atoms with E-state index in [1.54, 1.807) is 0 Å². The lowest BCUT2D eigenvalue weighted by molar-refractivity contribution is 0.0696. The Kier molecular flexibility index (Phi) is 4.34. The first kappa shape index (κ1) is 15.9. The molecule has 1 saturated heterocycles. The maximum Gasteiger partial charge on any atom is 0.335 e. The van der Waals surface area contributed by atoms with Gasteiger partial charge in [-0.25, -0.2) is 17.6 Å². The topological polar surface area (TPSA) is 74.7 Å². The summed E-state index contributed by atoms with van der Waals surface area (Å²) in [5.74, 6) is -1.79. The number of nitrogens with zero attached hydrogens (tertiary/aromatic N) is 1. The average Bonchev–Trinajstić information content (AvgIpc) is 2.36. The van der Waals surface area contributed by atoms with E-state index in [1.165, 1.54) is 4.31 Å². The number of carboxylic acids is 1. The van der Waals surface area contributed by atoms with Crippen molar-refractivity contribution in [3.8, 4) is 0 Å². The van der Waals surface area contributed by atoms with Crippen LogP contribution < -0.4 is 0 Å². The molecule has 2 atom stereocenters. The highest BCUT2D eigenvalue weighted by Crippen LogP contribution is 2.27. The Morgan fingerprint density at radius 3 is 2.33 bits per heavy atom. The highest BCUT2D eigenvalue weighted by Gasteiger charge is 2.32. The largest absolute Gasteiger partial charge is 0.478 e. The summed E-state index contributed by atoms with van der Waals surface area (Å²) < 4.78 is 39.9. The van der Waals surface area contributed by atoms with Crippen molar-refractivity contribution in [2.45, 2.75) is 25.2 Å². The third kappa shape index (κ3) is 3.41. The van der Waals surface area contributed by atoms with Gasteiger partial charge in [-0.05, 0) is 36.5 Å². The number of benzene rings is 1. The zero-order valence-corrected chi connectivity index (χ0v) is 12.7. The molecular formula is C14H18FNO4S. The van der Waals surface area contributed by atoms with Crippen LogP contribution >= 0.6 is 0 Å². The molecule has 0 amide bonds. The first-order valence-electron chi connectivity index (χ1n) is 6.74. The molecule has 0 saturated carbocycles. The Bertz CT molecular complexity index is 649. The van der Waals surface area contributed by atoms with Crippen molar-refractivity contribution in [1.82, 2.24) is 4.31 Å². The summed E-state index contributed by atoms with van der Waals surface area (Å²) in [5.41, 5.74) is -0.369. The van der Waals surface area contributed by atoms with Gasteiger partial charge in [-0.15, -0.1) is 0 Å². The van der Waals surface area contributed by atoms with E-state index in [0.717, 1.165) is 24.6 Å². The quantitative estimate of drug-likeness (QED) is 0.928. The minimum absolute atomic E-state index is 0.219. The first-order chi connectivity index (χ1) is 9.70. The molecule has 1 aliphatic rings. The van der Waals surface area contributed by atoms with E-state index < -0.39 is 21.8 Å². The third-order valence-electron chi connectivity index (χ3n) is 3.59. The second-order valence-corrected chi connectivity index (χ2v) is 7.69. The molecule has 0 aromatic heterocycles. The lowest BCUT2D eigenvalue weighted by atomic mass is 9.94. The van der Waals surface area contributed by atoms with Crippen molar-refractivity contribution in [3.05, 3.63) is 29.6 Å². The number of piperidine rings is 1. The molecule has 0 radical (unpaired) electrons. The molecule has 1 aromatic carbocycles. The molecule has 1 aliphatic heterocycles. The van der Waals surface area contributed by atoms with Gasteiger partial charge in [0.25, 0.3) is 0 Å². The van der Waals surface area contributed by atoms with Gasteiger partial charge in [0.2, 0.25) is 10.0 Å². The Balaban J connectivity index is 2.42. The van der Waals surface area contributed by atoms with Gasteiger partial charge < -0.3 is 5.11 Å². The van der Waals surface area contributed by atoms with Crippen LogP contribution in [0.5, 0.6) is 0 Å². The van der Waals surface area contributed by atoms with Gasteiger partial charge in [0.1, 0.15) is 5.82 Å². The van der Waals surface area contributed by atoms with Crippen molar-refractivity contribution in [2.75, 3.05) is 13.1 Å². The molecule has 1 N–H and O–H groups in total. The Hall–Kier alpha value is -1.47. The van der Waals surface area contributed by atoms with Gasteiger partial charge in [0, 0.05) is 13.1 Å². The van der Waals surface area contributed by atoms with Gasteiger partial charge in [-0.2, -0.15) is 4.31 Å². The summed E-state index contributed by atoms with van der Waals surface area (Å²) in [4.78, 5) is 10.6. The second-order valence-electron chi connectivity index (χ2n) is 5.75. The summed E-state index contributed by atoms with van der Waals surface area (Å²) in [6.45, 7) is 4.66. The molecule has 1 aromatic rings. The monoisotopic (exact) mass is 315 g/mol. The number of carbonyl (C=O) groups is 1. The standard InChI is InChI=1S/C14H18FNO4S/c1-9-3-10(2)8-16(7-9)21(19,20)13-5-11(14(17)18)4-12(15)6-13/h4-6,9-10H,3,7-8H2,1-2H3,(H,17,18). The summed E-state index contributed by atoms with van der Waals surface area (Å²) in [6, 6.07) is 2.68. The summed E-state index contributed by atoms with van der Waals surface area (Å²) in [7, 11) is -3.88. The number of carboxylic acid groups (broad SMARTS) is 1. The van der Waals surface area contributed by atoms with Crippen LogP contribution in [0.3, 0.4) is 0 Å². The van der Waals surface area contributed by atoms with Crippen molar-refractivity contribution >= 4 is 16.0 Å². The maximum absolute atomic E-state index is 13.5. The van der Waals surface area contributed by atoms with Crippen molar-refractivity contribution in [2.24, 2.45) is 11.8 Å². The summed E-state index contributed by atoms with van der Waals surface area (Å²) in [5, 5.41) is 8.92. The fourth-order valence-electron chi connectivity index (χ4n) is 2.79. The molecule has 0 aliphatic carbocycles. The number of hydrogen-bond acceptors (Lipinski definition) is 3. The normalized spacial score (nSPS) is 24.0. The number of hydrogen-bond donors (Lipinski definition) is 1. The third-order valence-corrected chi connectivity index (χ3v) is 5.40. The van der Waals surface area contributed by atoms with E-state index in [9.17, 15) is 17.6 Å². The molecule has 21 heavy (non-hydrogen) atoms. The Labute approximate surface area is 123 Å². The van der Waals surface area contributed by atoms with Crippen LogP contribution in [0.15, 0.2) is 23.1 Å². The molecule has 0 spiro atoms. The summed E-state index contributed by atoms with van der Waals surface area (Å²) >= 11 is 0. The SMILES string of the molecule is CC1CC(C)CN(S(=O)(=O)c2cc(F)cc(C(=O)O)c2)C1. The zero-order chi connectivity index (χ0) is 15.8. The van der Waals surface area contributed by atoms with E-state index in [4.69, 9.17) is 5.11 Å². The molecule has 0 bridgehead atoms. The van der Waals surface area contributed by atoms with Gasteiger partial charge in [-0.1, -0.05) is 13.8 Å². The van der Waals surface area contributed by atoms with Crippen molar-refractivity contribution < 1.29 is 22.7 Å². The van der Waals surface area contributed by atoms with E-state index in [0.29, 0.717) is 13.1 Å². The fraction of sp³-hybridized carbons (Fsp3) is 0.500. The van der Waals surface area contributed by atoms with Crippen molar-refractivity contribution in [1.29, 1.82) is 0 Å². The van der Waals surface area contributed by atoms with Crippen LogP contribution in [-0.2, 0) is 10.0 Å². The molecule has 2 unspecified atom stereocenters. The second kappa shape index (κ2) is 5.73. The number of sulfonamides is 1. The molecule has 1 fully saturated rings. The average molecular weight is 315 g/mol. The summed E-state index contributed by atoms with van der Waals surface area (Å²) in [6.07, 6.45) is 0.940. The van der Waals surface area contributed by atoms with Gasteiger partial charge in [-0.3, -0.25) is 0 Å². The van der Waals surface area contributed by atoms with Gasteiger partial charge in [0.05, 0.1) is 10.5 Å². The number of halogens is 1. The first-order valence-corrected chi connectivity index (χ1v) is 8.18. The van der Waals surface area contributed by atoms with E-state index >= 15 is 0 Å². The molecule has 1 heterocycles. The zero-order valence-electron chi connectivity index (χ0n) is 11.9. The lowest BCUT2D eigenvalue weighted by Gasteiger charge is -2.34. The minimum Gasteiger partial charge on any atom is -0.478 e. The van der Waals surface area contributed by atoms with Crippen LogP contribution in [0.2, 0.25) is 0 Å². The molecule has 116 valence electrons. The number of aromatic carboxylic acids is 1. The predicted octanol–water partition coefficient (Wildman–Crippen LogP) is 2.19. The fourth-order valence-corrected chi connectivity index (χ4v) is 4.52. The lowest BCUT2D eigenvalue weighted by Crippen LogP contribution is -2.42. The highest BCUT2D eigenvalue weighted by atomic mass is 32.2. The van der Waals surface area contributed by atoms with Crippen LogP contribution in [0.25, 0.3) is 0 Å². The molecule has 7 heteroatoms. The van der Waals surface area contributed by atoms with Crippen LogP contribution in [0.4, 0.5) is 4.39 Å². The van der Waals surface area contributed by atoms with E-state index in [-0.39, 0.29) is 22.3 Å². The predicted molar refractivity (Wildman–Crippen MR) is 75.1 cm³/mol. The highest BCUT2D eigenvalue weighted by molar-refractivity contribution is 7.89. The van der Waals surface area contributed by atoms with Gasteiger partial charge in [0.15, 0.2) is 0 Å². The minimum atomic E-state index is -3.88. The smallest absolute Gasteiger partial charge is 0.335 e. The van der Waals surface area contributed by atoms with Crippen LogP contribution in [0.1, 0.15) is 30.6 Å². The van der Waals surface area contributed by atoms with Crippen LogP contribution in [-0.4, -0.2) is 36.9 Å². The van der Waals surface area contributed by atoms with Crippen molar-refractivity contribution in [3.63, 3.8) is 0 Å². The van der Waals surface area contributed by atoms with E-state index in [2.05, 4.69) is 0 Å². The van der Waals surface area contributed by atoms with Crippen LogP contribution in [0, 0.1) is 17.7 Å². The number of rotatable bonds is 3. The van der Waals surface area contributed by atoms with E-state index in [1.807, 2.05) is 13.8 Å². The Morgan fingerprint density at radius 2 is 1.81 bits per heavy atom. The molecule has 2 rings (SSSR count). The van der Waals surface area contributed by atoms with Gasteiger partial charge >= 0.3 is 5.97 Å².